The Balaban J connectivity index is 1.39. The van der Waals surface area contributed by atoms with Crippen molar-refractivity contribution in [1.29, 1.82) is 5.26 Å². The number of carbonyl (C=O) groups excluding carboxylic acids is 1. The summed E-state index contributed by atoms with van der Waals surface area (Å²) in [5.74, 6) is 0.842. The second-order valence-electron chi connectivity index (χ2n) is 9.12. The molecular weight excluding hydrogens is 436 g/mol. The summed E-state index contributed by atoms with van der Waals surface area (Å²) in [7, 11) is 1.60. The van der Waals surface area contributed by atoms with Crippen molar-refractivity contribution in [2.75, 3.05) is 13.7 Å². The van der Waals surface area contributed by atoms with Gasteiger partial charge in [-0.3, -0.25) is 14.3 Å². The van der Waals surface area contributed by atoms with Gasteiger partial charge in [-0.15, -0.1) is 0 Å². The van der Waals surface area contributed by atoms with E-state index in [2.05, 4.69) is 21.4 Å². The number of nitrogens with one attached hydrogen (secondary N) is 3. The number of imidazole rings is 1. The Hall–Kier alpha value is -3.55. The summed E-state index contributed by atoms with van der Waals surface area (Å²) in [5.41, 5.74) is 1.10. The van der Waals surface area contributed by atoms with Gasteiger partial charge < -0.3 is 25.1 Å². The molecule has 1 amide bonds. The topological polar surface area (TPSA) is 139 Å². The number of benzene rings is 1. The molecule has 3 aromatic rings. The molecule has 2 aromatic heterocycles. The number of nitrogens with zero attached hydrogens (tertiary/aromatic N) is 3. The van der Waals surface area contributed by atoms with Gasteiger partial charge >= 0.3 is 5.69 Å². The van der Waals surface area contributed by atoms with Crippen LogP contribution in [0.25, 0.3) is 10.9 Å². The predicted octanol–water partition coefficient (Wildman–Crippen LogP) is 1.47. The molecule has 2 aliphatic rings. The quantitative estimate of drug-likeness (QED) is 0.418. The number of hydrogen-bond acceptors (Lipinski definition) is 6. The molecule has 34 heavy (non-hydrogen) atoms. The SMILES string of the molecule is COc1cccc2[nH]c(C(O)N3CC4CCCC4C3C(=O)NC(C#N)Cn3cc[nH]c3=O)cc12. The van der Waals surface area contributed by atoms with E-state index in [0.717, 1.165) is 30.2 Å². The van der Waals surface area contributed by atoms with E-state index >= 15 is 0 Å². The van der Waals surface area contributed by atoms with Gasteiger partial charge in [0.1, 0.15) is 18.0 Å². The van der Waals surface area contributed by atoms with E-state index in [1.165, 1.54) is 10.8 Å². The van der Waals surface area contributed by atoms with Crippen LogP contribution in [0.1, 0.15) is 31.2 Å². The molecule has 1 aliphatic heterocycles. The van der Waals surface area contributed by atoms with Gasteiger partial charge in [-0.2, -0.15) is 5.26 Å². The number of aliphatic hydroxyl groups excluding tert-OH is 1. The zero-order chi connectivity index (χ0) is 23.8. The Bertz CT molecular complexity index is 1290. The number of amides is 1. The number of H-pyrrole nitrogens is 2. The van der Waals surface area contributed by atoms with Crippen LogP contribution < -0.4 is 15.7 Å². The molecule has 10 heteroatoms. The Morgan fingerprint density at radius 1 is 1.41 bits per heavy atom. The smallest absolute Gasteiger partial charge is 0.325 e. The number of aromatic amines is 2. The zero-order valence-corrected chi connectivity index (χ0v) is 18.9. The third-order valence-corrected chi connectivity index (χ3v) is 7.23. The first-order valence-corrected chi connectivity index (χ1v) is 11.5. The van der Waals surface area contributed by atoms with Gasteiger partial charge in [0.25, 0.3) is 0 Å². The third-order valence-electron chi connectivity index (χ3n) is 7.23. The summed E-state index contributed by atoms with van der Waals surface area (Å²) in [6.07, 6.45) is 4.99. The molecule has 1 saturated carbocycles. The summed E-state index contributed by atoms with van der Waals surface area (Å²) in [6.45, 7) is 0.653. The molecule has 5 atom stereocenters. The van der Waals surface area contributed by atoms with E-state index in [4.69, 9.17) is 4.74 Å². The van der Waals surface area contributed by atoms with Crippen molar-refractivity contribution in [3.05, 3.63) is 52.8 Å². The molecule has 5 unspecified atom stereocenters. The molecule has 0 bridgehead atoms. The fourth-order valence-corrected chi connectivity index (χ4v) is 5.65. The lowest BCUT2D eigenvalue weighted by molar-refractivity contribution is -0.132. The minimum absolute atomic E-state index is 0.0513. The van der Waals surface area contributed by atoms with Gasteiger partial charge in [0.2, 0.25) is 5.91 Å². The number of rotatable bonds is 7. The Kier molecular flexibility index (Phi) is 5.89. The number of methoxy groups -OCH3 is 1. The van der Waals surface area contributed by atoms with E-state index in [9.17, 15) is 20.0 Å². The van der Waals surface area contributed by atoms with Gasteiger partial charge in [-0.1, -0.05) is 12.5 Å². The summed E-state index contributed by atoms with van der Waals surface area (Å²) >= 11 is 0. The first-order chi connectivity index (χ1) is 16.5. The van der Waals surface area contributed by atoms with Gasteiger partial charge in [-0.25, -0.2) is 4.79 Å². The summed E-state index contributed by atoms with van der Waals surface area (Å²) < 4.78 is 6.79. The van der Waals surface area contributed by atoms with Gasteiger partial charge in [0.05, 0.1) is 31.5 Å². The van der Waals surface area contributed by atoms with Crippen LogP contribution in [0.5, 0.6) is 5.75 Å². The van der Waals surface area contributed by atoms with Crippen LogP contribution in [0.3, 0.4) is 0 Å². The number of aliphatic hydroxyl groups is 1. The number of carbonyl (C=O) groups is 1. The standard InChI is InChI=1S/C24H28N6O4/c1-34-20-7-3-6-18-17(20)10-19(28-18)23(32)30-12-14-4-2-5-16(14)21(30)22(31)27-15(11-25)13-29-9-8-26-24(29)33/h3,6-10,14-16,21,23,28,32H,2,4-5,12-13H2,1H3,(H,26,33)(H,27,31). The van der Waals surface area contributed by atoms with Crippen LogP contribution in [0.15, 0.2) is 41.5 Å². The second-order valence-corrected chi connectivity index (χ2v) is 9.12. The van der Waals surface area contributed by atoms with Crippen molar-refractivity contribution >= 4 is 16.8 Å². The van der Waals surface area contributed by atoms with Crippen LogP contribution in [0, 0.1) is 23.2 Å². The fourth-order valence-electron chi connectivity index (χ4n) is 5.65. The maximum absolute atomic E-state index is 13.4. The predicted molar refractivity (Wildman–Crippen MR) is 124 cm³/mol. The average molecular weight is 465 g/mol. The molecule has 0 radical (unpaired) electrons. The molecule has 0 spiro atoms. The van der Waals surface area contributed by atoms with E-state index in [1.54, 1.807) is 13.3 Å². The Morgan fingerprint density at radius 3 is 3.00 bits per heavy atom. The van der Waals surface area contributed by atoms with Crippen LogP contribution in [0.2, 0.25) is 0 Å². The largest absolute Gasteiger partial charge is 0.496 e. The lowest BCUT2D eigenvalue weighted by atomic mass is 9.93. The number of likely N-dealkylation sites (tertiary alicyclic amines) is 1. The van der Waals surface area contributed by atoms with Crippen molar-refractivity contribution in [3.8, 4) is 11.8 Å². The molecule has 1 saturated heterocycles. The summed E-state index contributed by atoms with van der Waals surface area (Å²) in [5, 5.41) is 24.6. The molecular formula is C24H28N6O4. The first-order valence-electron chi connectivity index (χ1n) is 11.5. The molecule has 2 fully saturated rings. The van der Waals surface area contributed by atoms with Gasteiger partial charge in [0, 0.05) is 29.8 Å². The van der Waals surface area contributed by atoms with Crippen LogP contribution in [-0.2, 0) is 11.3 Å². The maximum Gasteiger partial charge on any atom is 0.325 e. The lowest BCUT2D eigenvalue weighted by Gasteiger charge is -2.31. The van der Waals surface area contributed by atoms with Crippen molar-refractivity contribution in [2.45, 2.75) is 44.1 Å². The number of hydrogen-bond donors (Lipinski definition) is 4. The summed E-state index contributed by atoms with van der Waals surface area (Å²) in [6, 6.07) is 8.17. The number of aromatic nitrogens is 3. The maximum atomic E-state index is 13.4. The van der Waals surface area contributed by atoms with Crippen molar-refractivity contribution in [2.24, 2.45) is 11.8 Å². The number of ether oxygens (including phenoxy) is 1. The Labute approximate surface area is 196 Å². The average Bonchev–Trinajstić information content (AvgIpc) is 3.61. The highest BCUT2D eigenvalue weighted by Gasteiger charge is 2.50. The fraction of sp³-hybridized carbons (Fsp3) is 0.458. The van der Waals surface area contributed by atoms with Crippen molar-refractivity contribution in [3.63, 3.8) is 0 Å². The van der Waals surface area contributed by atoms with Crippen molar-refractivity contribution < 1.29 is 14.6 Å². The molecule has 1 aromatic carbocycles. The highest BCUT2D eigenvalue weighted by atomic mass is 16.5. The molecule has 10 nitrogen and oxygen atoms in total. The highest BCUT2D eigenvalue weighted by molar-refractivity contribution is 5.87. The molecule has 4 N–H and O–H groups in total. The number of fused-ring (bicyclic) bond motifs is 2. The lowest BCUT2D eigenvalue weighted by Crippen LogP contribution is -2.51. The second kappa shape index (κ2) is 9.00. The third kappa shape index (κ3) is 3.87. The monoisotopic (exact) mass is 464 g/mol. The van der Waals surface area contributed by atoms with E-state index in [0.29, 0.717) is 23.9 Å². The summed E-state index contributed by atoms with van der Waals surface area (Å²) in [4.78, 5) is 32.9. The van der Waals surface area contributed by atoms with Crippen LogP contribution in [0.4, 0.5) is 0 Å². The highest BCUT2D eigenvalue weighted by Crippen LogP contribution is 2.45. The minimum Gasteiger partial charge on any atom is -0.496 e. The Morgan fingerprint density at radius 2 is 2.26 bits per heavy atom. The molecule has 178 valence electrons. The normalized spacial score (nSPS) is 24.0. The molecule has 1 aliphatic carbocycles. The van der Waals surface area contributed by atoms with Gasteiger partial charge in [-0.05, 0) is 42.9 Å². The minimum atomic E-state index is -1.01. The number of nitriles is 1. The zero-order valence-electron chi connectivity index (χ0n) is 18.9. The first kappa shape index (κ1) is 22.3. The van der Waals surface area contributed by atoms with Crippen LogP contribution in [-0.4, -0.2) is 56.2 Å². The van der Waals surface area contributed by atoms with E-state index < -0.39 is 18.3 Å². The van der Waals surface area contributed by atoms with E-state index in [1.807, 2.05) is 29.2 Å². The van der Waals surface area contributed by atoms with E-state index in [-0.39, 0.29) is 24.1 Å². The molecule has 5 rings (SSSR count). The van der Waals surface area contributed by atoms with Gasteiger partial charge in [0.15, 0.2) is 0 Å². The molecule has 3 heterocycles. The van der Waals surface area contributed by atoms with Crippen molar-refractivity contribution in [1.82, 2.24) is 24.8 Å². The van der Waals surface area contributed by atoms with Crippen LogP contribution >= 0.6 is 0 Å².